The molecule has 0 fully saturated rings. The first-order chi connectivity index (χ1) is 12.2. The van der Waals surface area contributed by atoms with E-state index in [1.807, 2.05) is 0 Å². The molecule has 25 heavy (non-hydrogen) atoms. The Morgan fingerprint density at radius 1 is 0.320 bits per heavy atom. The summed E-state index contributed by atoms with van der Waals surface area (Å²) in [5, 5.41) is 0. The van der Waals surface area contributed by atoms with Crippen LogP contribution in [0.25, 0.3) is 0 Å². The molecule has 0 radical (unpaired) electrons. The van der Waals surface area contributed by atoms with Crippen molar-refractivity contribution in [1.29, 1.82) is 0 Å². The highest BCUT2D eigenvalue weighted by atomic mass is 14.6. The molecule has 4 N–H and O–H groups in total. The van der Waals surface area contributed by atoms with Crippen LogP contribution in [0.2, 0.25) is 0 Å². The van der Waals surface area contributed by atoms with Crippen molar-refractivity contribution in [3.05, 3.63) is 0 Å². The molecular formula is C23H56N2. The highest BCUT2D eigenvalue weighted by Crippen LogP contribution is 2.01. The lowest BCUT2D eigenvalue weighted by Crippen LogP contribution is -2.11. The van der Waals surface area contributed by atoms with Crippen LogP contribution in [0.15, 0.2) is 0 Å². The number of hydrogen-bond acceptors (Lipinski definition) is 2. The summed E-state index contributed by atoms with van der Waals surface area (Å²) in [6.07, 6.45) is 21.0. The van der Waals surface area contributed by atoms with Crippen molar-refractivity contribution in [3.63, 3.8) is 0 Å². The van der Waals surface area contributed by atoms with E-state index in [9.17, 15) is 0 Å². The minimum Gasteiger partial charge on any atom is -0.329 e. The molecule has 0 saturated carbocycles. The third-order valence-electron chi connectivity index (χ3n) is 3.79. The summed E-state index contributed by atoms with van der Waals surface area (Å²) in [6, 6.07) is 0. The minimum absolute atomic E-state index is 0.597. The molecule has 0 aliphatic heterocycles. The molecule has 0 aromatic rings. The molecule has 0 amide bonds. The van der Waals surface area contributed by atoms with Gasteiger partial charge in [-0.05, 0) is 0 Å². The van der Waals surface area contributed by atoms with Gasteiger partial charge in [-0.3, -0.25) is 0 Å². The van der Waals surface area contributed by atoms with Gasteiger partial charge in [-0.15, -0.1) is 0 Å². The Kier molecular flexibility index (Phi) is 57.2. The summed E-state index contributed by atoms with van der Waals surface area (Å²) in [7, 11) is 0. The second kappa shape index (κ2) is 43.9. The van der Waals surface area contributed by atoms with Crippen molar-refractivity contribution >= 4 is 0 Å². The van der Waals surface area contributed by atoms with E-state index in [1.165, 1.54) is 96.3 Å². The third kappa shape index (κ3) is 68.9. The van der Waals surface area contributed by atoms with Crippen LogP contribution in [0.3, 0.4) is 0 Å². The molecule has 0 atom stereocenters. The fraction of sp³-hybridized carbons (Fsp3) is 1.00. The maximum Gasteiger partial charge on any atom is 0.00461 e. The number of unbranched alkanes of at least 4 members (excludes halogenated alkanes) is 12. The van der Waals surface area contributed by atoms with E-state index in [2.05, 4.69) is 41.5 Å². The standard InChI is InChI=1S/3C7H16.C2H8N2/c3*1-3-5-7-6-4-2;3-1-2-4/h3*3-7H2,1-2H3;1-4H2. The summed E-state index contributed by atoms with van der Waals surface area (Å²) < 4.78 is 0. The minimum atomic E-state index is 0.597. The molecule has 0 rings (SSSR count). The van der Waals surface area contributed by atoms with Gasteiger partial charge < -0.3 is 11.5 Å². The first kappa shape index (κ1) is 32.6. The van der Waals surface area contributed by atoms with Gasteiger partial charge >= 0.3 is 0 Å². The first-order valence-corrected chi connectivity index (χ1v) is 11.6. The molecule has 0 bridgehead atoms. The van der Waals surface area contributed by atoms with Crippen molar-refractivity contribution in [2.24, 2.45) is 11.5 Å². The molecule has 2 heteroatoms. The van der Waals surface area contributed by atoms with Gasteiger partial charge in [0.1, 0.15) is 0 Å². The van der Waals surface area contributed by atoms with E-state index in [4.69, 9.17) is 11.5 Å². The Hall–Kier alpha value is -0.0800. The Balaban J connectivity index is -0.000000120. The summed E-state index contributed by atoms with van der Waals surface area (Å²) in [6.45, 7) is 14.7. The van der Waals surface area contributed by atoms with Crippen LogP contribution < -0.4 is 11.5 Å². The van der Waals surface area contributed by atoms with Crippen LogP contribution in [-0.2, 0) is 0 Å². The molecule has 0 spiro atoms. The molecular weight excluding hydrogens is 304 g/mol. The average Bonchev–Trinajstić information content (AvgIpc) is 2.64. The maximum atomic E-state index is 4.90. The monoisotopic (exact) mass is 360 g/mol. The third-order valence-corrected chi connectivity index (χ3v) is 3.79. The molecule has 158 valence electrons. The van der Waals surface area contributed by atoms with Crippen LogP contribution in [0.4, 0.5) is 0 Å². The van der Waals surface area contributed by atoms with Gasteiger partial charge in [0.05, 0.1) is 0 Å². The zero-order valence-electron chi connectivity index (χ0n) is 19.2. The lowest BCUT2D eigenvalue weighted by molar-refractivity contribution is 0.656. The van der Waals surface area contributed by atoms with E-state index in [1.54, 1.807) is 0 Å². The molecule has 0 saturated heterocycles. The lowest BCUT2D eigenvalue weighted by Gasteiger charge is -1.90. The van der Waals surface area contributed by atoms with Crippen LogP contribution in [-0.4, -0.2) is 13.1 Å². The molecule has 0 unspecified atom stereocenters. The van der Waals surface area contributed by atoms with Crippen LogP contribution in [0.5, 0.6) is 0 Å². The Bertz CT molecular complexity index is 111. The first-order valence-electron chi connectivity index (χ1n) is 11.6. The van der Waals surface area contributed by atoms with Gasteiger partial charge in [-0.1, -0.05) is 138 Å². The van der Waals surface area contributed by atoms with E-state index in [0.29, 0.717) is 13.1 Å². The summed E-state index contributed by atoms with van der Waals surface area (Å²) in [5.74, 6) is 0. The average molecular weight is 361 g/mol. The Labute approximate surface area is 162 Å². The van der Waals surface area contributed by atoms with E-state index < -0.39 is 0 Å². The maximum absolute atomic E-state index is 4.90. The highest BCUT2D eigenvalue weighted by Gasteiger charge is 1.81. The van der Waals surface area contributed by atoms with Crippen molar-refractivity contribution in [2.45, 2.75) is 138 Å². The van der Waals surface area contributed by atoms with Crippen molar-refractivity contribution in [2.75, 3.05) is 13.1 Å². The zero-order valence-corrected chi connectivity index (χ0v) is 19.2. The van der Waals surface area contributed by atoms with Gasteiger partial charge in [0.25, 0.3) is 0 Å². The summed E-state index contributed by atoms with van der Waals surface area (Å²) >= 11 is 0. The van der Waals surface area contributed by atoms with Crippen LogP contribution in [0.1, 0.15) is 138 Å². The topological polar surface area (TPSA) is 52.0 Å². The molecule has 0 heterocycles. The molecule has 0 aliphatic rings. The van der Waals surface area contributed by atoms with Crippen molar-refractivity contribution in [1.82, 2.24) is 0 Å². The smallest absolute Gasteiger partial charge is 0.00461 e. The lowest BCUT2D eigenvalue weighted by atomic mass is 10.2. The fourth-order valence-corrected chi connectivity index (χ4v) is 2.03. The Morgan fingerprint density at radius 3 is 0.560 bits per heavy atom. The quantitative estimate of drug-likeness (QED) is 0.329. The predicted molar refractivity (Wildman–Crippen MR) is 121 cm³/mol. The number of nitrogens with two attached hydrogens (primary N) is 2. The molecule has 0 aromatic carbocycles. The molecule has 0 aliphatic carbocycles. The van der Waals surface area contributed by atoms with Gasteiger partial charge in [0, 0.05) is 13.1 Å². The largest absolute Gasteiger partial charge is 0.329 e. The number of hydrogen-bond donors (Lipinski definition) is 2. The SMILES string of the molecule is CCCCCCC.CCCCCCC.CCCCCCC.NCCN. The van der Waals surface area contributed by atoms with Crippen molar-refractivity contribution < 1.29 is 0 Å². The highest BCUT2D eigenvalue weighted by molar-refractivity contribution is 4.37. The second-order valence-corrected chi connectivity index (χ2v) is 6.76. The van der Waals surface area contributed by atoms with E-state index >= 15 is 0 Å². The van der Waals surface area contributed by atoms with Crippen LogP contribution in [0, 0.1) is 0 Å². The van der Waals surface area contributed by atoms with Gasteiger partial charge in [-0.25, -0.2) is 0 Å². The number of rotatable bonds is 13. The zero-order chi connectivity index (χ0) is 20.0. The predicted octanol–water partition coefficient (Wildman–Crippen LogP) is 7.83. The van der Waals surface area contributed by atoms with Gasteiger partial charge in [0.2, 0.25) is 0 Å². The van der Waals surface area contributed by atoms with Crippen molar-refractivity contribution in [3.8, 4) is 0 Å². The summed E-state index contributed by atoms with van der Waals surface area (Å²) in [4.78, 5) is 0. The molecule has 2 nitrogen and oxygen atoms in total. The van der Waals surface area contributed by atoms with Gasteiger partial charge in [0.15, 0.2) is 0 Å². The van der Waals surface area contributed by atoms with E-state index in [-0.39, 0.29) is 0 Å². The van der Waals surface area contributed by atoms with Gasteiger partial charge in [-0.2, -0.15) is 0 Å². The second-order valence-electron chi connectivity index (χ2n) is 6.76. The normalized spacial score (nSPS) is 9.12. The molecule has 0 aromatic heterocycles. The Morgan fingerprint density at radius 2 is 0.480 bits per heavy atom. The van der Waals surface area contributed by atoms with E-state index in [0.717, 1.165) is 0 Å². The summed E-state index contributed by atoms with van der Waals surface area (Å²) in [5.41, 5.74) is 9.81. The fourth-order valence-electron chi connectivity index (χ4n) is 2.03. The van der Waals surface area contributed by atoms with Crippen LogP contribution >= 0.6 is 0 Å².